The highest BCUT2D eigenvalue weighted by molar-refractivity contribution is 5.92. The second-order valence-corrected chi connectivity index (χ2v) is 5.68. The molecule has 1 atom stereocenters. The molecule has 1 heterocycles. The minimum absolute atomic E-state index is 0.285. The van der Waals surface area contributed by atoms with Crippen LogP contribution in [0.1, 0.15) is 23.2 Å². The summed E-state index contributed by atoms with van der Waals surface area (Å²) in [4.78, 5) is 26.2. The van der Waals surface area contributed by atoms with Crippen molar-refractivity contribution in [3.63, 3.8) is 0 Å². The molecule has 21 heavy (non-hydrogen) atoms. The Morgan fingerprint density at radius 2 is 2.19 bits per heavy atom. The molecule has 2 aromatic rings. The lowest BCUT2D eigenvalue weighted by molar-refractivity contribution is -0.124. The number of carbonyl (C=O) groups is 2. The van der Waals surface area contributed by atoms with Crippen LogP contribution >= 0.6 is 0 Å². The van der Waals surface area contributed by atoms with E-state index in [-0.39, 0.29) is 6.42 Å². The molecule has 0 bridgehead atoms. The van der Waals surface area contributed by atoms with E-state index in [1.54, 1.807) is 0 Å². The first kappa shape index (κ1) is 13.5. The number of benzene rings is 1. The summed E-state index contributed by atoms with van der Waals surface area (Å²) in [5, 5.41) is 12.4. The van der Waals surface area contributed by atoms with Gasteiger partial charge in [0.1, 0.15) is 5.54 Å². The zero-order chi connectivity index (χ0) is 15.2. The predicted molar refractivity (Wildman–Crippen MR) is 78.1 cm³/mol. The molecule has 1 unspecified atom stereocenters. The van der Waals surface area contributed by atoms with E-state index in [9.17, 15) is 9.59 Å². The van der Waals surface area contributed by atoms with E-state index < -0.39 is 17.5 Å². The minimum Gasteiger partial charge on any atom is -0.465 e. The number of aromatic nitrogens is 1. The number of carbonyl (C=O) groups excluding carboxylic acids is 1. The monoisotopic (exact) mass is 287 g/mol. The average Bonchev–Trinajstić information content (AvgIpc) is 2.74. The van der Waals surface area contributed by atoms with Crippen molar-refractivity contribution in [2.24, 2.45) is 5.73 Å². The van der Waals surface area contributed by atoms with Gasteiger partial charge < -0.3 is 21.1 Å². The molecular formula is C15H17N3O3. The van der Waals surface area contributed by atoms with Gasteiger partial charge in [0.05, 0.1) is 0 Å². The van der Waals surface area contributed by atoms with Crippen molar-refractivity contribution in [1.29, 1.82) is 0 Å². The molecule has 0 saturated carbocycles. The number of hydrogen-bond acceptors (Lipinski definition) is 2. The van der Waals surface area contributed by atoms with Crippen molar-refractivity contribution >= 4 is 22.9 Å². The van der Waals surface area contributed by atoms with Gasteiger partial charge in [0.2, 0.25) is 5.91 Å². The van der Waals surface area contributed by atoms with Gasteiger partial charge in [-0.3, -0.25) is 4.79 Å². The normalized spacial score (nSPS) is 21.0. The fourth-order valence-electron chi connectivity index (χ4n) is 3.15. The number of aromatic amines is 1. The van der Waals surface area contributed by atoms with Crippen molar-refractivity contribution in [2.75, 3.05) is 0 Å². The number of primary amides is 1. The summed E-state index contributed by atoms with van der Waals surface area (Å²) in [6.07, 6.45) is 0.0140. The van der Waals surface area contributed by atoms with Crippen LogP contribution in [0.4, 0.5) is 4.79 Å². The molecule has 0 aliphatic heterocycles. The Balaban J connectivity index is 2.09. The molecule has 1 aromatic carbocycles. The van der Waals surface area contributed by atoms with Crippen LogP contribution in [0.5, 0.6) is 0 Å². The Kier molecular flexibility index (Phi) is 2.90. The first-order valence-electron chi connectivity index (χ1n) is 6.82. The third-order valence-corrected chi connectivity index (χ3v) is 4.25. The Morgan fingerprint density at radius 3 is 2.86 bits per heavy atom. The number of carboxylic acid groups (broad SMARTS) is 1. The molecule has 1 aliphatic carbocycles. The van der Waals surface area contributed by atoms with E-state index in [1.807, 2.05) is 25.1 Å². The van der Waals surface area contributed by atoms with E-state index in [0.29, 0.717) is 12.8 Å². The number of nitrogens with two attached hydrogens (primary N) is 1. The fraction of sp³-hybridized carbons (Fsp3) is 0.333. The standard InChI is InChI=1S/C15H17N3O3/c1-8-2-3-9-10-7-15(13(16)19,18-14(20)21)5-4-11(10)17-12(9)6-8/h2-3,6,17-18H,4-5,7H2,1H3,(H2,16,19)(H,20,21). The molecule has 6 nitrogen and oxygen atoms in total. The van der Waals surface area contributed by atoms with Crippen molar-refractivity contribution in [1.82, 2.24) is 10.3 Å². The summed E-state index contributed by atoms with van der Waals surface area (Å²) in [5.41, 5.74) is 8.43. The molecule has 5 N–H and O–H groups in total. The lowest BCUT2D eigenvalue weighted by atomic mass is 9.79. The highest BCUT2D eigenvalue weighted by atomic mass is 16.4. The molecule has 6 heteroatoms. The molecule has 0 radical (unpaired) electrons. The second-order valence-electron chi connectivity index (χ2n) is 5.68. The number of hydrogen-bond donors (Lipinski definition) is 4. The molecule has 1 aromatic heterocycles. The van der Waals surface area contributed by atoms with E-state index in [1.165, 1.54) is 0 Å². The van der Waals surface area contributed by atoms with Gasteiger partial charge in [0.25, 0.3) is 0 Å². The van der Waals surface area contributed by atoms with Gasteiger partial charge >= 0.3 is 6.09 Å². The van der Waals surface area contributed by atoms with Crippen LogP contribution in [0.25, 0.3) is 10.9 Å². The van der Waals surface area contributed by atoms with Crippen LogP contribution in [0.2, 0.25) is 0 Å². The van der Waals surface area contributed by atoms with Gasteiger partial charge in [-0.25, -0.2) is 4.79 Å². The summed E-state index contributed by atoms with van der Waals surface area (Å²) >= 11 is 0. The van der Waals surface area contributed by atoms with E-state index >= 15 is 0 Å². The first-order chi connectivity index (χ1) is 9.91. The lowest BCUT2D eigenvalue weighted by Gasteiger charge is -2.34. The maximum atomic E-state index is 11.8. The number of aryl methyl sites for hydroxylation is 2. The lowest BCUT2D eigenvalue weighted by Crippen LogP contribution is -2.60. The molecule has 110 valence electrons. The number of H-pyrrole nitrogens is 1. The third kappa shape index (κ3) is 2.12. The fourth-order valence-corrected chi connectivity index (χ4v) is 3.15. The Hall–Kier alpha value is -2.50. The predicted octanol–water partition coefficient (Wildman–Crippen LogP) is 1.46. The number of amides is 2. The number of nitrogens with one attached hydrogen (secondary N) is 2. The second kappa shape index (κ2) is 4.51. The summed E-state index contributed by atoms with van der Waals surface area (Å²) < 4.78 is 0. The molecular weight excluding hydrogens is 270 g/mol. The van der Waals surface area contributed by atoms with Gasteiger partial charge in [-0.1, -0.05) is 12.1 Å². The summed E-state index contributed by atoms with van der Waals surface area (Å²) in [6.45, 7) is 2.01. The maximum absolute atomic E-state index is 11.8. The van der Waals surface area contributed by atoms with Crippen LogP contribution in [0.15, 0.2) is 18.2 Å². The van der Waals surface area contributed by atoms with E-state index in [2.05, 4.69) is 10.3 Å². The molecule has 0 saturated heterocycles. The number of fused-ring (bicyclic) bond motifs is 3. The molecule has 2 amide bonds. The van der Waals surface area contributed by atoms with Gasteiger partial charge in [-0.2, -0.15) is 0 Å². The number of rotatable bonds is 2. The van der Waals surface area contributed by atoms with Gasteiger partial charge in [0.15, 0.2) is 0 Å². The van der Waals surface area contributed by atoms with Gasteiger partial charge in [-0.15, -0.1) is 0 Å². The zero-order valence-electron chi connectivity index (χ0n) is 11.7. The Bertz CT molecular complexity index is 750. The highest BCUT2D eigenvalue weighted by Gasteiger charge is 2.42. The molecule has 0 spiro atoms. The average molecular weight is 287 g/mol. The van der Waals surface area contributed by atoms with E-state index in [4.69, 9.17) is 10.8 Å². The van der Waals surface area contributed by atoms with Crippen LogP contribution in [-0.4, -0.2) is 27.6 Å². The van der Waals surface area contributed by atoms with Crippen molar-refractivity contribution < 1.29 is 14.7 Å². The quantitative estimate of drug-likeness (QED) is 0.671. The maximum Gasteiger partial charge on any atom is 0.405 e. The van der Waals surface area contributed by atoms with E-state index in [0.717, 1.165) is 27.7 Å². The smallest absolute Gasteiger partial charge is 0.405 e. The Labute approximate surface area is 121 Å². The van der Waals surface area contributed by atoms with Crippen molar-refractivity contribution in [2.45, 2.75) is 31.7 Å². The first-order valence-corrected chi connectivity index (χ1v) is 6.82. The molecule has 1 aliphatic rings. The molecule has 3 rings (SSSR count). The summed E-state index contributed by atoms with van der Waals surface area (Å²) in [7, 11) is 0. The largest absolute Gasteiger partial charge is 0.465 e. The zero-order valence-corrected chi connectivity index (χ0v) is 11.7. The van der Waals surface area contributed by atoms with Crippen LogP contribution in [0.3, 0.4) is 0 Å². The van der Waals surface area contributed by atoms with Crippen LogP contribution in [0, 0.1) is 6.92 Å². The van der Waals surface area contributed by atoms with Crippen LogP contribution < -0.4 is 11.1 Å². The Morgan fingerprint density at radius 1 is 1.43 bits per heavy atom. The summed E-state index contributed by atoms with van der Waals surface area (Å²) in [5.74, 6) is -0.628. The van der Waals surface area contributed by atoms with Crippen molar-refractivity contribution in [3.05, 3.63) is 35.0 Å². The minimum atomic E-state index is -1.23. The highest BCUT2D eigenvalue weighted by Crippen LogP contribution is 2.34. The third-order valence-electron chi connectivity index (χ3n) is 4.25. The van der Waals surface area contributed by atoms with Gasteiger partial charge in [0, 0.05) is 23.0 Å². The van der Waals surface area contributed by atoms with Gasteiger partial charge in [-0.05, 0) is 37.0 Å². The molecule has 0 fully saturated rings. The summed E-state index contributed by atoms with van der Waals surface area (Å²) in [6, 6.07) is 6.05. The topological polar surface area (TPSA) is 108 Å². The SMILES string of the molecule is Cc1ccc2c3c([nH]c2c1)CCC(NC(=O)O)(C(N)=O)C3. The van der Waals surface area contributed by atoms with Crippen LogP contribution in [-0.2, 0) is 17.6 Å². The van der Waals surface area contributed by atoms with Crippen molar-refractivity contribution in [3.8, 4) is 0 Å².